The molecule has 0 bridgehead atoms. The van der Waals surface area contributed by atoms with Gasteiger partial charge in [0.1, 0.15) is 5.75 Å². The summed E-state index contributed by atoms with van der Waals surface area (Å²) in [5.41, 5.74) is 5.90. The smallest absolute Gasteiger partial charge is 0.318 e. The average molecular weight is 222 g/mol. The highest BCUT2D eigenvalue weighted by Crippen LogP contribution is 2.13. The molecule has 5 nitrogen and oxygen atoms in total. The minimum Gasteiger partial charge on any atom is -0.484 e. The van der Waals surface area contributed by atoms with Gasteiger partial charge in [-0.3, -0.25) is 10.1 Å². The Kier molecular flexibility index (Phi) is 4.32. The molecule has 0 aliphatic rings. The Morgan fingerprint density at radius 2 is 2.19 bits per heavy atom. The Labute approximate surface area is 93.6 Å². The molecule has 3 amide bonds. The van der Waals surface area contributed by atoms with Crippen molar-refractivity contribution in [3.63, 3.8) is 0 Å². The van der Waals surface area contributed by atoms with Gasteiger partial charge in [-0.15, -0.1) is 0 Å². The standard InChI is InChI=1S/C11H14N2O3/c1-2-8-4-3-5-9(6-8)16-7-10(14)13-11(12)15/h3-6H,2,7H2,1H3,(H3,12,13,14,15). The lowest BCUT2D eigenvalue weighted by molar-refractivity contribution is -0.121. The predicted molar refractivity (Wildman–Crippen MR) is 59.0 cm³/mol. The van der Waals surface area contributed by atoms with Crippen molar-refractivity contribution >= 4 is 11.9 Å². The summed E-state index contributed by atoms with van der Waals surface area (Å²) in [4.78, 5) is 21.4. The molecular weight excluding hydrogens is 208 g/mol. The van der Waals surface area contributed by atoms with Crippen LogP contribution in [0.5, 0.6) is 5.75 Å². The molecule has 0 aliphatic heterocycles. The van der Waals surface area contributed by atoms with E-state index in [0.29, 0.717) is 5.75 Å². The Morgan fingerprint density at radius 3 is 2.81 bits per heavy atom. The van der Waals surface area contributed by atoms with Crippen LogP contribution >= 0.6 is 0 Å². The molecule has 0 saturated carbocycles. The number of hydrogen-bond donors (Lipinski definition) is 2. The van der Waals surface area contributed by atoms with Crippen LogP contribution in [0.4, 0.5) is 4.79 Å². The predicted octanol–water partition coefficient (Wildman–Crippen LogP) is 0.823. The van der Waals surface area contributed by atoms with Crippen LogP contribution in [0, 0.1) is 0 Å². The van der Waals surface area contributed by atoms with E-state index in [1.807, 2.05) is 30.4 Å². The van der Waals surface area contributed by atoms with Gasteiger partial charge in [0.15, 0.2) is 6.61 Å². The molecule has 1 rings (SSSR count). The highest BCUT2D eigenvalue weighted by atomic mass is 16.5. The van der Waals surface area contributed by atoms with Crippen molar-refractivity contribution in [2.45, 2.75) is 13.3 Å². The monoisotopic (exact) mass is 222 g/mol. The fraction of sp³-hybridized carbons (Fsp3) is 0.273. The lowest BCUT2D eigenvalue weighted by Gasteiger charge is -2.06. The topological polar surface area (TPSA) is 81.4 Å². The molecule has 16 heavy (non-hydrogen) atoms. The number of nitrogens with one attached hydrogen (secondary N) is 1. The highest BCUT2D eigenvalue weighted by Gasteiger charge is 2.04. The first-order chi connectivity index (χ1) is 7.61. The number of urea groups is 1. The van der Waals surface area contributed by atoms with E-state index in [9.17, 15) is 9.59 Å². The van der Waals surface area contributed by atoms with E-state index in [2.05, 4.69) is 0 Å². The van der Waals surface area contributed by atoms with Gasteiger partial charge in [-0.25, -0.2) is 4.79 Å². The fourth-order valence-corrected chi connectivity index (χ4v) is 1.18. The van der Waals surface area contributed by atoms with Crippen molar-refractivity contribution < 1.29 is 14.3 Å². The second-order valence-corrected chi connectivity index (χ2v) is 3.20. The van der Waals surface area contributed by atoms with E-state index in [0.717, 1.165) is 12.0 Å². The Bertz CT molecular complexity index is 391. The van der Waals surface area contributed by atoms with E-state index >= 15 is 0 Å². The van der Waals surface area contributed by atoms with Gasteiger partial charge in [0.25, 0.3) is 5.91 Å². The first kappa shape index (κ1) is 12.0. The maximum absolute atomic E-state index is 11.0. The number of ether oxygens (including phenoxy) is 1. The molecule has 1 aromatic rings. The molecule has 0 heterocycles. The zero-order valence-electron chi connectivity index (χ0n) is 9.03. The molecule has 0 radical (unpaired) electrons. The number of hydrogen-bond acceptors (Lipinski definition) is 3. The van der Waals surface area contributed by atoms with Gasteiger partial charge >= 0.3 is 6.03 Å². The fourth-order valence-electron chi connectivity index (χ4n) is 1.18. The summed E-state index contributed by atoms with van der Waals surface area (Å²) < 4.78 is 5.19. The molecule has 0 aliphatic carbocycles. The molecule has 0 unspecified atom stereocenters. The molecule has 0 atom stereocenters. The number of amides is 3. The van der Waals surface area contributed by atoms with Gasteiger partial charge in [-0.2, -0.15) is 0 Å². The van der Waals surface area contributed by atoms with Crippen LogP contribution in [0.2, 0.25) is 0 Å². The molecule has 1 aromatic carbocycles. The zero-order valence-corrected chi connectivity index (χ0v) is 9.03. The number of rotatable bonds is 4. The Morgan fingerprint density at radius 1 is 1.44 bits per heavy atom. The average Bonchev–Trinajstić information content (AvgIpc) is 2.26. The van der Waals surface area contributed by atoms with E-state index in [1.54, 1.807) is 6.07 Å². The minimum absolute atomic E-state index is 0.226. The Hall–Kier alpha value is -2.04. The van der Waals surface area contributed by atoms with Crippen molar-refractivity contribution in [1.29, 1.82) is 0 Å². The van der Waals surface area contributed by atoms with Gasteiger partial charge in [-0.05, 0) is 24.1 Å². The number of carbonyl (C=O) groups excluding carboxylic acids is 2. The molecule has 86 valence electrons. The molecule has 0 saturated heterocycles. The van der Waals surface area contributed by atoms with E-state index in [4.69, 9.17) is 10.5 Å². The number of primary amides is 1. The van der Waals surface area contributed by atoms with Crippen LogP contribution in [0.3, 0.4) is 0 Å². The number of benzene rings is 1. The number of nitrogens with two attached hydrogens (primary N) is 1. The van der Waals surface area contributed by atoms with Crippen LogP contribution in [0.25, 0.3) is 0 Å². The molecule has 0 spiro atoms. The van der Waals surface area contributed by atoms with E-state index in [1.165, 1.54) is 0 Å². The first-order valence-electron chi connectivity index (χ1n) is 4.93. The first-order valence-corrected chi connectivity index (χ1v) is 4.93. The SMILES string of the molecule is CCc1cccc(OCC(=O)NC(N)=O)c1. The number of carbonyl (C=O) groups is 2. The van der Waals surface area contributed by atoms with Gasteiger partial charge in [0, 0.05) is 0 Å². The normalized spacial score (nSPS) is 9.56. The maximum Gasteiger partial charge on any atom is 0.318 e. The van der Waals surface area contributed by atoms with Crippen LogP contribution in [0.15, 0.2) is 24.3 Å². The minimum atomic E-state index is -0.879. The summed E-state index contributed by atoms with van der Waals surface area (Å²) in [5.74, 6) is 0.0355. The lowest BCUT2D eigenvalue weighted by atomic mass is 10.2. The second-order valence-electron chi connectivity index (χ2n) is 3.20. The van der Waals surface area contributed by atoms with E-state index < -0.39 is 11.9 Å². The maximum atomic E-state index is 11.0. The third-order valence-electron chi connectivity index (χ3n) is 1.94. The highest BCUT2D eigenvalue weighted by molar-refractivity contribution is 5.94. The Balaban J connectivity index is 2.47. The quantitative estimate of drug-likeness (QED) is 0.791. The number of imide groups is 1. The summed E-state index contributed by atoms with van der Waals surface area (Å²) in [6, 6.07) is 6.53. The third-order valence-corrected chi connectivity index (χ3v) is 1.94. The van der Waals surface area contributed by atoms with Crippen LogP contribution in [-0.4, -0.2) is 18.5 Å². The largest absolute Gasteiger partial charge is 0.484 e. The van der Waals surface area contributed by atoms with Crippen molar-refractivity contribution in [3.05, 3.63) is 29.8 Å². The molecular formula is C11H14N2O3. The van der Waals surface area contributed by atoms with Crippen LogP contribution in [0.1, 0.15) is 12.5 Å². The van der Waals surface area contributed by atoms with Gasteiger partial charge in [0.05, 0.1) is 0 Å². The third kappa shape index (κ3) is 4.00. The molecule has 5 heteroatoms. The zero-order chi connectivity index (χ0) is 12.0. The summed E-state index contributed by atoms with van der Waals surface area (Å²) in [6.07, 6.45) is 0.894. The summed E-state index contributed by atoms with van der Waals surface area (Å²) >= 11 is 0. The lowest BCUT2D eigenvalue weighted by Crippen LogP contribution is -2.38. The van der Waals surface area contributed by atoms with Gasteiger partial charge in [0.2, 0.25) is 0 Å². The summed E-state index contributed by atoms with van der Waals surface area (Å²) in [6.45, 7) is 1.80. The molecule has 3 N–H and O–H groups in total. The second kappa shape index (κ2) is 5.75. The molecule has 0 fully saturated rings. The molecule has 0 aromatic heterocycles. The van der Waals surface area contributed by atoms with E-state index in [-0.39, 0.29) is 6.61 Å². The van der Waals surface area contributed by atoms with Crippen molar-refractivity contribution in [1.82, 2.24) is 5.32 Å². The van der Waals surface area contributed by atoms with Gasteiger partial charge in [-0.1, -0.05) is 19.1 Å². The summed E-state index contributed by atoms with van der Waals surface area (Å²) in [7, 11) is 0. The summed E-state index contributed by atoms with van der Waals surface area (Å²) in [5, 5.41) is 1.92. The van der Waals surface area contributed by atoms with Gasteiger partial charge < -0.3 is 10.5 Å². The van der Waals surface area contributed by atoms with Crippen LogP contribution in [-0.2, 0) is 11.2 Å². The van der Waals surface area contributed by atoms with Crippen molar-refractivity contribution in [2.24, 2.45) is 5.73 Å². The van der Waals surface area contributed by atoms with Crippen LogP contribution < -0.4 is 15.8 Å². The van der Waals surface area contributed by atoms with Crippen molar-refractivity contribution in [2.75, 3.05) is 6.61 Å². The van der Waals surface area contributed by atoms with Crippen molar-refractivity contribution in [3.8, 4) is 5.75 Å². The number of aryl methyl sites for hydroxylation is 1.